The van der Waals surface area contributed by atoms with Crippen molar-refractivity contribution in [2.24, 2.45) is 0 Å². The number of benzene rings is 2. The molecule has 23 heavy (non-hydrogen) atoms. The second-order valence-electron chi connectivity index (χ2n) is 7.92. The van der Waals surface area contributed by atoms with Crippen molar-refractivity contribution in [3.05, 3.63) is 41.0 Å². The lowest BCUT2D eigenvalue weighted by Gasteiger charge is -2.37. The summed E-state index contributed by atoms with van der Waals surface area (Å²) in [4.78, 5) is 2.42. The topological polar surface area (TPSA) is 12.5 Å². The van der Waals surface area contributed by atoms with Crippen LogP contribution in [-0.4, -0.2) is 30.6 Å². The molecule has 0 aliphatic carbocycles. The molecule has 2 aliphatic rings. The maximum Gasteiger partial charge on any atom is 0.131 e. The Hall–Kier alpha value is -1.54. The molecular weight excluding hydrogens is 282 g/mol. The molecule has 2 aromatic carbocycles. The third-order valence-corrected chi connectivity index (χ3v) is 5.70. The van der Waals surface area contributed by atoms with E-state index in [1.54, 1.807) is 0 Å². The minimum atomic E-state index is 0.0439. The zero-order valence-corrected chi connectivity index (χ0v) is 14.8. The summed E-state index contributed by atoms with van der Waals surface area (Å²) < 4.78 is 6.64. The molecule has 0 bridgehead atoms. The molecule has 0 unspecified atom stereocenters. The molecular formula is C21H27NO. The van der Waals surface area contributed by atoms with Gasteiger partial charge in [0.15, 0.2) is 0 Å². The van der Waals surface area contributed by atoms with Crippen LogP contribution < -0.4 is 4.74 Å². The highest BCUT2D eigenvalue weighted by Gasteiger charge is 2.42. The van der Waals surface area contributed by atoms with Gasteiger partial charge in [-0.15, -0.1) is 0 Å². The maximum atomic E-state index is 6.64. The van der Waals surface area contributed by atoms with Gasteiger partial charge in [0.25, 0.3) is 0 Å². The van der Waals surface area contributed by atoms with Gasteiger partial charge in [-0.25, -0.2) is 0 Å². The van der Waals surface area contributed by atoms with E-state index in [4.69, 9.17) is 4.74 Å². The third kappa shape index (κ3) is 2.44. The van der Waals surface area contributed by atoms with Crippen molar-refractivity contribution in [2.45, 2.75) is 51.6 Å². The summed E-state index contributed by atoms with van der Waals surface area (Å²) >= 11 is 0. The summed E-state index contributed by atoms with van der Waals surface area (Å²) in [5, 5.41) is 2.69. The first kappa shape index (κ1) is 15.0. The number of fused-ring (bicyclic) bond motifs is 3. The molecule has 2 aromatic rings. The van der Waals surface area contributed by atoms with E-state index in [1.807, 2.05) is 0 Å². The number of ether oxygens (including phenoxy) is 1. The van der Waals surface area contributed by atoms with Crippen molar-refractivity contribution in [3.8, 4) is 5.75 Å². The zero-order valence-electron chi connectivity index (χ0n) is 14.8. The molecule has 0 N–H and O–H groups in total. The Kier molecular flexibility index (Phi) is 3.42. The minimum absolute atomic E-state index is 0.0439. The summed E-state index contributed by atoms with van der Waals surface area (Å²) in [6.45, 7) is 9.05. The van der Waals surface area contributed by atoms with Crippen LogP contribution in [0.4, 0.5) is 0 Å². The number of nitrogens with zero attached hydrogens (tertiary/aromatic N) is 1. The fraction of sp³-hybridized carbons (Fsp3) is 0.524. The fourth-order valence-corrected chi connectivity index (χ4v) is 4.23. The first-order valence-corrected chi connectivity index (χ1v) is 8.91. The Balaban J connectivity index is 1.84. The van der Waals surface area contributed by atoms with Crippen molar-refractivity contribution in [3.63, 3.8) is 0 Å². The number of hydrogen-bond donors (Lipinski definition) is 0. The summed E-state index contributed by atoms with van der Waals surface area (Å²) in [5.74, 6) is 1.70. The summed E-state index contributed by atoms with van der Waals surface area (Å²) in [7, 11) is 2.21. The number of aryl methyl sites for hydroxylation is 1. The molecule has 122 valence electrons. The Morgan fingerprint density at radius 1 is 1.09 bits per heavy atom. The van der Waals surface area contributed by atoms with E-state index in [2.05, 4.69) is 57.0 Å². The zero-order chi connectivity index (χ0) is 16.2. The van der Waals surface area contributed by atoms with Crippen LogP contribution in [-0.2, 0) is 6.42 Å². The second-order valence-corrected chi connectivity index (χ2v) is 7.92. The first-order valence-electron chi connectivity index (χ1n) is 8.91. The van der Waals surface area contributed by atoms with Gasteiger partial charge in [-0.2, -0.15) is 0 Å². The lowest BCUT2D eigenvalue weighted by molar-refractivity contribution is 0.0281. The average Bonchev–Trinajstić information content (AvgIpc) is 2.87. The Labute approximate surface area is 139 Å². The normalized spacial score (nSPS) is 20.2. The number of rotatable bonds is 1. The van der Waals surface area contributed by atoms with Crippen LogP contribution in [0.15, 0.2) is 24.3 Å². The van der Waals surface area contributed by atoms with Crippen LogP contribution in [0.1, 0.15) is 49.3 Å². The van der Waals surface area contributed by atoms with E-state index in [1.165, 1.54) is 27.5 Å². The highest BCUT2D eigenvalue weighted by Crippen LogP contribution is 2.46. The third-order valence-electron chi connectivity index (χ3n) is 5.70. The molecule has 2 heteroatoms. The van der Waals surface area contributed by atoms with Crippen LogP contribution in [0.2, 0.25) is 0 Å². The van der Waals surface area contributed by atoms with Crippen molar-refractivity contribution in [2.75, 3.05) is 20.1 Å². The molecule has 0 atom stereocenters. The first-order chi connectivity index (χ1) is 11.0. The molecule has 0 amide bonds. The van der Waals surface area contributed by atoms with Gasteiger partial charge in [-0.1, -0.05) is 43.7 Å². The van der Waals surface area contributed by atoms with Gasteiger partial charge < -0.3 is 9.64 Å². The number of likely N-dealkylation sites (tertiary alicyclic amines) is 1. The lowest BCUT2D eigenvalue weighted by atomic mass is 9.85. The van der Waals surface area contributed by atoms with E-state index in [0.29, 0.717) is 5.92 Å². The van der Waals surface area contributed by atoms with Crippen LogP contribution in [0.5, 0.6) is 5.75 Å². The fourth-order valence-electron chi connectivity index (χ4n) is 4.23. The number of hydrogen-bond acceptors (Lipinski definition) is 2. The number of piperidine rings is 1. The SMILES string of the molecule is Cc1ccc2c3c(cc(C(C)C)c2c1)CC1(CCN(C)CC1)O3. The van der Waals surface area contributed by atoms with Gasteiger partial charge in [0.1, 0.15) is 11.4 Å². The van der Waals surface area contributed by atoms with Crippen LogP contribution in [0, 0.1) is 6.92 Å². The molecule has 0 saturated carbocycles. The second kappa shape index (κ2) is 5.24. The lowest BCUT2D eigenvalue weighted by Crippen LogP contribution is -2.45. The van der Waals surface area contributed by atoms with Crippen LogP contribution in [0.25, 0.3) is 10.8 Å². The van der Waals surface area contributed by atoms with Crippen LogP contribution >= 0.6 is 0 Å². The molecule has 1 saturated heterocycles. The molecule has 2 nitrogen and oxygen atoms in total. The molecule has 0 aromatic heterocycles. The van der Waals surface area contributed by atoms with E-state index >= 15 is 0 Å². The van der Waals surface area contributed by atoms with Gasteiger partial charge in [-0.3, -0.25) is 0 Å². The maximum absolute atomic E-state index is 6.64. The van der Waals surface area contributed by atoms with Crippen molar-refractivity contribution in [1.82, 2.24) is 4.90 Å². The largest absolute Gasteiger partial charge is 0.486 e. The molecule has 1 fully saturated rings. The van der Waals surface area contributed by atoms with E-state index in [9.17, 15) is 0 Å². The highest BCUT2D eigenvalue weighted by molar-refractivity contribution is 5.93. The van der Waals surface area contributed by atoms with Gasteiger partial charge in [-0.05, 0) is 36.4 Å². The molecule has 1 spiro atoms. The minimum Gasteiger partial charge on any atom is -0.486 e. The van der Waals surface area contributed by atoms with Gasteiger partial charge in [0, 0.05) is 37.7 Å². The predicted octanol–water partition coefficient (Wildman–Crippen LogP) is 4.67. The molecule has 0 radical (unpaired) electrons. The van der Waals surface area contributed by atoms with E-state index < -0.39 is 0 Å². The van der Waals surface area contributed by atoms with E-state index in [0.717, 1.165) is 38.1 Å². The summed E-state index contributed by atoms with van der Waals surface area (Å²) in [5.41, 5.74) is 4.26. The Morgan fingerprint density at radius 2 is 1.83 bits per heavy atom. The standard InChI is InChI=1S/C21H27NO/c1-14(2)18-12-16-13-21(7-9-22(4)10-8-21)23-20(16)17-6-5-15(3)11-19(17)18/h5-6,11-12,14H,7-10,13H2,1-4H3. The van der Waals surface area contributed by atoms with Crippen molar-refractivity contribution < 1.29 is 4.74 Å². The van der Waals surface area contributed by atoms with E-state index in [-0.39, 0.29) is 5.60 Å². The Bertz CT molecular complexity index is 754. The van der Waals surface area contributed by atoms with Crippen molar-refractivity contribution in [1.29, 1.82) is 0 Å². The average molecular weight is 309 g/mol. The molecule has 4 rings (SSSR count). The van der Waals surface area contributed by atoms with Crippen LogP contribution in [0.3, 0.4) is 0 Å². The van der Waals surface area contributed by atoms with Crippen molar-refractivity contribution >= 4 is 10.8 Å². The summed E-state index contributed by atoms with van der Waals surface area (Å²) in [6.07, 6.45) is 3.37. The van der Waals surface area contributed by atoms with Gasteiger partial charge in [0.05, 0.1) is 0 Å². The highest BCUT2D eigenvalue weighted by atomic mass is 16.5. The predicted molar refractivity (Wildman–Crippen MR) is 96.6 cm³/mol. The molecule has 2 heterocycles. The smallest absolute Gasteiger partial charge is 0.131 e. The molecule has 2 aliphatic heterocycles. The quantitative estimate of drug-likeness (QED) is 0.759. The Morgan fingerprint density at radius 3 is 2.52 bits per heavy atom. The monoisotopic (exact) mass is 309 g/mol. The van der Waals surface area contributed by atoms with Gasteiger partial charge >= 0.3 is 0 Å². The van der Waals surface area contributed by atoms with Gasteiger partial charge in [0.2, 0.25) is 0 Å². The summed E-state index contributed by atoms with van der Waals surface area (Å²) in [6, 6.07) is 9.24.